The Labute approximate surface area is 230 Å². The molecule has 0 bridgehead atoms. The summed E-state index contributed by atoms with van der Waals surface area (Å²) in [5.41, 5.74) is 6.63. The molecule has 2 amide bonds. The standard InChI is InChI=1S/C26H32ClN5O7/c1-35-23-9-19-22(10-24(23)38-7-3-6-37-18-13-36-14-18)30-15-31-25(19)39-17-4-2-5-21(20(27)8-17)32-26(34)29-11-16(28)12-33/h4-5,8-10,15-16,18,33H,2-3,6-7,11-14,28H2,1H3,(H2,29,32,34). The lowest BCUT2D eigenvalue weighted by atomic mass is 10.2. The van der Waals surface area contributed by atoms with Crippen LogP contribution in [0.2, 0.25) is 0 Å². The Morgan fingerprint density at radius 1 is 1.26 bits per heavy atom. The summed E-state index contributed by atoms with van der Waals surface area (Å²) in [5, 5.41) is 15.1. The number of hydrogen-bond acceptors (Lipinski definition) is 10. The Hall–Kier alpha value is -3.42. The van der Waals surface area contributed by atoms with Crippen LogP contribution < -0.4 is 30.6 Å². The van der Waals surface area contributed by atoms with Gasteiger partial charge in [-0.2, -0.15) is 0 Å². The number of fused-ring (bicyclic) bond motifs is 1. The molecule has 1 aromatic heterocycles. The van der Waals surface area contributed by atoms with Gasteiger partial charge in [-0.3, -0.25) is 0 Å². The Morgan fingerprint density at radius 3 is 2.85 bits per heavy atom. The molecule has 0 saturated carbocycles. The lowest BCUT2D eigenvalue weighted by Crippen LogP contribution is -2.43. The van der Waals surface area contributed by atoms with Crippen molar-refractivity contribution in [1.82, 2.24) is 20.6 Å². The molecular weight excluding hydrogens is 530 g/mol. The average molecular weight is 562 g/mol. The van der Waals surface area contributed by atoms with E-state index < -0.39 is 12.1 Å². The van der Waals surface area contributed by atoms with Crippen LogP contribution in [0.5, 0.6) is 17.4 Å². The maximum Gasteiger partial charge on any atom is 0.319 e. The van der Waals surface area contributed by atoms with Gasteiger partial charge in [0.1, 0.15) is 18.2 Å². The van der Waals surface area contributed by atoms with Crippen LogP contribution in [0.3, 0.4) is 0 Å². The number of aromatic nitrogens is 2. The van der Waals surface area contributed by atoms with Gasteiger partial charge in [-0.25, -0.2) is 14.8 Å². The second kappa shape index (κ2) is 14.1. The minimum atomic E-state index is -0.553. The van der Waals surface area contributed by atoms with Gasteiger partial charge in [-0.05, 0) is 18.6 Å². The summed E-state index contributed by atoms with van der Waals surface area (Å²) in [6.45, 7) is 2.22. The number of aliphatic hydroxyl groups is 1. The van der Waals surface area contributed by atoms with Crippen molar-refractivity contribution >= 4 is 28.5 Å². The van der Waals surface area contributed by atoms with Crippen LogP contribution in [0.4, 0.5) is 4.79 Å². The van der Waals surface area contributed by atoms with E-state index in [1.807, 2.05) is 0 Å². The number of urea groups is 1. The number of amides is 2. The molecule has 1 unspecified atom stereocenters. The van der Waals surface area contributed by atoms with Gasteiger partial charge in [-0.1, -0.05) is 17.7 Å². The van der Waals surface area contributed by atoms with Crippen LogP contribution in [-0.2, 0) is 9.47 Å². The maximum atomic E-state index is 12.2. The molecule has 1 aliphatic heterocycles. The van der Waals surface area contributed by atoms with Gasteiger partial charge in [0.25, 0.3) is 0 Å². The predicted molar refractivity (Wildman–Crippen MR) is 144 cm³/mol. The molecule has 0 spiro atoms. The van der Waals surface area contributed by atoms with Crippen LogP contribution in [-0.4, -0.2) is 79.9 Å². The van der Waals surface area contributed by atoms with E-state index in [-0.39, 0.29) is 24.3 Å². The summed E-state index contributed by atoms with van der Waals surface area (Å²) in [6.07, 6.45) is 7.88. The summed E-state index contributed by atoms with van der Waals surface area (Å²) in [6, 6.07) is 2.49. The largest absolute Gasteiger partial charge is 0.493 e. The molecule has 2 aliphatic rings. The van der Waals surface area contributed by atoms with Crippen molar-refractivity contribution in [2.75, 3.05) is 46.7 Å². The number of rotatable bonds is 13. The van der Waals surface area contributed by atoms with Gasteiger partial charge in [0.15, 0.2) is 11.5 Å². The van der Waals surface area contributed by atoms with Crippen molar-refractivity contribution in [2.45, 2.75) is 25.0 Å². The van der Waals surface area contributed by atoms with Crippen LogP contribution in [0.15, 0.2) is 53.2 Å². The zero-order valence-corrected chi connectivity index (χ0v) is 22.3. The van der Waals surface area contributed by atoms with Crippen molar-refractivity contribution in [3.8, 4) is 17.4 Å². The van der Waals surface area contributed by atoms with E-state index in [1.165, 1.54) is 6.33 Å². The number of methoxy groups -OCH3 is 1. The fraction of sp³-hybridized carbons (Fsp3) is 0.423. The predicted octanol–water partition coefficient (Wildman–Crippen LogP) is 2.11. The van der Waals surface area contributed by atoms with E-state index in [0.717, 1.165) is 6.42 Å². The zero-order chi connectivity index (χ0) is 27.6. The number of hydrogen-bond donors (Lipinski definition) is 4. The Morgan fingerprint density at radius 2 is 2.10 bits per heavy atom. The molecule has 13 heteroatoms. The van der Waals surface area contributed by atoms with E-state index in [1.54, 1.807) is 37.5 Å². The fourth-order valence-electron chi connectivity index (χ4n) is 3.60. The molecule has 2 aromatic rings. The molecule has 1 fully saturated rings. The number of nitrogens with one attached hydrogen (secondary N) is 2. The SMILES string of the molecule is COc1cc2c(OC3=CCC=C(NC(=O)NCC(N)CO)C(Cl)=C3)ncnc2cc1OCCCOC1COC1. The highest BCUT2D eigenvalue weighted by Gasteiger charge is 2.19. The average Bonchev–Trinajstić information content (AvgIpc) is 3.08. The number of allylic oxidation sites excluding steroid dienone is 4. The van der Waals surface area contributed by atoms with E-state index in [0.29, 0.717) is 72.6 Å². The number of carbonyl (C=O) groups is 1. The summed E-state index contributed by atoms with van der Waals surface area (Å²) < 4.78 is 28.3. The first kappa shape index (κ1) is 28.6. The van der Waals surface area contributed by atoms with Crippen LogP contribution >= 0.6 is 11.6 Å². The summed E-state index contributed by atoms with van der Waals surface area (Å²) in [5.74, 6) is 1.81. The van der Waals surface area contributed by atoms with Gasteiger partial charge in [0.2, 0.25) is 5.88 Å². The summed E-state index contributed by atoms with van der Waals surface area (Å²) in [7, 11) is 1.56. The molecule has 12 nitrogen and oxygen atoms in total. The maximum absolute atomic E-state index is 12.2. The number of carbonyl (C=O) groups excluding carboxylic acids is 1. The number of benzene rings is 1. The van der Waals surface area contributed by atoms with Crippen molar-refractivity contribution in [3.05, 3.63) is 53.2 Å². The third-order valence-electron chi connectivity index (χ3n) is 5.78. The molecule has 39 heavy (non-hydrogen) atoms. The first-order valence-electron chi connectivity index (χ1n) is 12.5. The van der Waals surface area contributed by atoms with E-state index in [4.69, 9.17) is 46.1 Å². The molecule has 5 N–H and O–H groups in total. The van der Waals surface area contributed by atoms with Crippen molar-refractivity contribution in [3.63, 3.8) is 0 Å². The monoisotopic (exact) mass is 561 g/mol. The minimum Gasteiger partial charge on any atom is -0.493 e. The van der Waals surface area contributed by atoms with Crippen LogP contribution in [0.1, 0.15) is 12.8 Å². The van der Waals surface area contributed by atoms with Gasteiger partial charge >= 0.3 is 6.03 Å². The molecule has 1 atom stereocenters. The first-order chi connectivity index (χ1) is 19.0. The first-order valence-corrected chi connectivity index (χ1v) is 12.9. The molecule has 1 aliphatic carbocycles. The zero-order valence-electron chi connectivity index (χ0n) is 21.5. The van der Waals surface area contributed by atoms with Gasteiger partial charge < -0.3 is 45.2 Å². The number of nitrogens with two attached hydrogens (primary N) is 1. The quantitative estimate of drug-likeness (QED) is 0.267. The highest BCUT2D eigenvalue weighted by Crippen LogP contribution is 2.35. The van der Waals surface area contributed by atoms with E-state index >= 15 is 0 Å². The minimum absolute atomic E-state index is 0.116. The Bertz CT molecular complexity index is 1250. The summed E-state index contributed by atoms with van der Waals surface area (Å²) >= 11 is 6.45. The normalized spacial score (nSPS) is 16.3. The van der Waals surface area contributed by atoms with Crippen LogP contribution in [0, 0.1) is 0 Å². The second-order valence-electron chi connectivity index (χ2n) is 8.76. The third-order valence-corrected chi connectivity index (χ3v) is 6.09. The molecule has 210 valence electrons. The second-order valence-corrected chi connectivity index (χ2v) is 9.17. The molecular formula is C26H32ClN5O7. The molecule has 4 rings (SSSR count). The Balaban J connectivity index is 1.40. The fourth-order valence-corrected chi connectivity index (χ4v) is 3.83. The molecule has 2 heterocycles. The van der Waals surface area contributed by atoms with Gasteiger partial charge in [0, 0.05) is 31.1 Å². The van der Waals surface area contributed by atoms with E-state index in [2.05, 4.69) is 20.6 Å². The highest BCUT2D eigenvalue weighted by atomic mass is 35.5. The topological polar surface area (TPSA) is 159 Å². The number of nitrogens with zero attached hydrogens (tertiary/aromatic N) is 2. The third kappa shape index (κ3) is 8.04. The summed E-state index contributed by atoms with van der Waals surface area (Å²) in [4.78, 5) is 20.8. The van der Waals surface area contributed by atoms with Crippen molar-refractivity contribution in [1.29, 1.82) is 0 Å². The van der Waals surface area contributed by atoms with Crippen molar-refractivity contribution < 1.29 is 33.6 Å². The number of aliphatic hydroxyl groups excluding tert-OH is 1. The smallest absolute Gasteiger partial charge is 0.319 e. The van der Waals surface area contributed by atoms with Crippen molar-refractivity contribution in [2.24, 2.45) is 5.73 Å². The number of ether oxygens (including phenoxy) is 5. The highest BCUT2D eigenvalue weighted by molar-refractivity contribution is 6.32. The molecule has 1 saturated heterocycles. The molecule has 1 aromatic carbocycles. The van der Waals surface area contributed by atoms with Crippen LogP contribution in [0.25, 0.3) is 10.9 Å². The van der Waals surface area contributed by atoms with Gasteiger partial charge in [0.05, 0.1) is 61.8 Å². The lowest BCUT2D eigenvalue weighted by molar-refractivity contribution is -0.130. The lowest BCUT2D eigenvalue weighted by Gasteiger charge is -2.25. The van der Waals surface area contributed by atoms with E-state index in [9.17, 15) is 4.79 Å². The molecule has 0 radical (unpaired) electrons. The van der Waals surface area contributed by atoms with Gasteiger partial charge in [-0.15, -0.1) is 0 Å². The Kier molecular flexibility index (Phi) is 10.3. The number of halogens is 1.